The number of rotatable bonds is 7. The van der Waals surface area contributed by atoms with Gasteiger partial charge in [-0.3, -0.25) is 9.59 Å². The lowest BCUT2D eigenvalue weighted by molar-refractivity contribution is -0.126. The van der Waals surface area contributed by atoms with Crippen LogP contribution in [0.2, 0.25) is 0 Å². The second-order valence-corrected chi connectivity index (χ2v) is 9.77. The smallest absolute Gasteiger partial charge is 0.239 e. The number of hydrogen-bond acceptors (Lipinski definition) is 6. The number of sulfone groups is 1. The Balaban J connectivity index is 1.77. The van der Waals surface area contributed by atoms with E-state index in [0.29, 0.717) is 5.76 Å². The first kappa shape index (κ1) is 20.1. The van der Waals surface area contributed by atoms with Gasteiger partial charge in [0.25, 0.3) is 0 Å². The lowest BCUT2D eigenvalue weighted by Crippen LogP contribution is -2.50. The third-order valence-corrected chi connectivity index (χ3v) is 7.48. The third-order valence-electron chi connectivity index (χ3n) is 5.52. The van der Waals surface area contributed by atoms with Gasteiger partial charge in [-0.2, -0.15) is 0 Å². The van der Waals surface area contributed by atoms with Crippen molar-refractivity contribution in [1.29, 1.82) is 0 Å². The van der Waals surface area contributed by atoms with E-state index in [1.165, 1.54) is 6.26 Å². The summed E-state index contributed by atoms with van der Waals surface area (Å²) in [6.07, 6.45) is 6.38. The van der Waals surface area contributed by atoms with Gasteiger partial charge in [0.2, 0.25) is 5.91 Å². The Morgan fingerprint density at radius 3 is 2.63 bits per heavy atom. The molecule has 150 valence electrons. The molecule has 3 rings (SSSR count). The molecule has 0 unspecified atom stereocenters. The van der Waals surface area contributed by atoms with Crippen LogP contribution < -0.4 is 5.32 Å². The summed E-state index contributed by atoms with van der Waals surface area (Å²) in [5.41, 5.74) is 0. The van der Waals surface area contributed by atoms with Crippen molar-refractivity contribution in [1.82, 2.24) is 5.32 Å². The number of carbonyl (C=O) groups is 2. The lowest BCUT2D eigenvalue weighted by atomic mass is 9.86. The predicted molar refractivity (Wildman–Crippen MR) is 98.7 cm³/mol. The maximum Gasteiger partial charge on any atom is 0.239 e. The minimum absolute atomic E-state index is 0.0570. The number of hydrogen-bond donors (Lipinski definition) is 1. The van der Waals surface area contributed by atoms with Crippen molar-refractivity contribution in [2.24, 2.45) is 5.92 Å². The zero-order chi connectivity index (χ0) is 19.4. The normalized spacial score (nSPS) is 25.4. The minimum atomic E-state index is -3.78. The van der Waals surface area contributed by atoms with E-state index in [4.69, 9.17) is 9.15 Å². The number of ketones is 1. The number of furan rings is 1. The second kappa shape index (κ2) is 8.56. The first-order chi connectivity index (χ1) is 12.9. The molecule has 2 heterocycles. The van der Waals surface area contributed by atoms with Crippen molar-refractivity contribution < 1.29 is 27.2 Å². The van der Waals surface area contributed by atoms with Crippen molar-refractivity contribution >= 4 is 21.5 Å². The number of carbonyl (C=O) groups excluding carboxylic acids is 2. The molecule has 1 N–H and O–H groups in total. The maximum atomic E-state index is 13.0. The van der Waals surface area contributed by atoms with E-state index >= 15 is 0 Å². The van der Waals surface area contributed by atoms with Crippen LogP contribution in [-0.4, -0.2) is 44.1 Å². The zero-order valence-corrected chi connectivity index (χ0v) is 16.4. The molecule has 1 aromatic rings. The largest absolute Gasteiger partial charge is 0.468 e. The summed E-state index contributed by atoms with van der Waals surface area (Å²) in [5, 5.41) is 1.44. The van der Waals surface area contributed by atoms with Crippen LogP contribution in [0.1, 0.15) is 51.2 Å². The van der Waals surface area contributed by atoms with Crippen LogP contribution in [0.3, 0.4) is 0 Å². The standard InChI is InChI=1S/C19H27NO6S/c1-13-18(16(21)11-26-13)20-19(22)17(10-14-6-3-2-4-7-14)27(23,24)12-15-8-5-9-25-15/h5,8-9,13-14,17-18H,2-4,6-7,10-12H2,1H3,(H,20,22)/t13-,17+,18-/m1/s1. The van der Waals surface area contributed by atoms with Crippen molar-refractivity contribution in [3.63, 3.8) is 0 Å². The van der Waals surface area contributed by atoms with Crippen LogP contribution in [0, 0.1) is 5.92 Å². The first-order valence-electron chi connectivity index (χ1n) is 9.55. The molecule has 7 nitrogen and oxygen atoms in total. The SMILES string of the molecule is C[C@H]1OCC(=O)[C@@H]1NC(=O)[C@H](CC1CCCCC1)S(=O)(=O)Cc1ccco1. The molecule has 0 aromatic carbocycles. The Morgan fingerprint density at radius 2 is 2.04 bits per heavy atom. The average molecular weight is 397 g/mol. The highest BCUT2D eigenvalue weighted by Crippen LogP contribution is 2.30. The van der Waals surface area contributed by atoms with E-state index < -0.39 is 33.1 Å². The quantitative estimate of drug-likeness (QED) is 0.755. The Kier molecular flexibility index (Phi) is 6.37. The van der Waals surface area contributed by atoms with Crippen molar-refractivity contribution in [2.75, 3.05) is 6.61 Å². The van der Waals surface area contributed by atoms with E-state index in [-0.39, 0.29) is 30.5 Å². The molecule has 1 saturated heterocycles. The number of amides is 1. The topological polar surface area (TPSA) is 103 Å². The Morgan fingerprint density at radius 1 is 1.30 bits per heavy atom. The Bertz CT molecular complexity index is 751. The summed E-state index contributed by atoms with van der Waals surface area (Å²) in [6.45, 7) is 1.64. The van der Waals surface area contributed by atoms with Gasteiger partial charge in [-0.05, 0) is 31.4 Å². The molecule has 1 amide bonds. The highest BCUT2D eigenvalue weighted by atomic mass is 32.2. The van der Waals surface area contributed by atoms with Crippen LogP contribution in [0.25, 0.3) is 0 Å². The molecule has 3 atom stereocenters. The van der Waals surface area contributed by atoms with Crippen LogP contribution >= 0.6 is 0 Å². The summed E-state index contributed by atoms with van der Waals surface area (Å²) in [7, 11) is -3.78. The first-order valence-corrected chi connectivity index (χ1v) is 11.3. The van der Waals surface area contributed by atoms with E-state index in [0.717, 1.165) is 32.1 Å². The summed E-state index contributed by atoms with van der Waals surface area (Å²) < 4.78 is 36.4. The number of nitrogens with one attached hydrogen (secondary N) is 1. The van der Waals surface area contributed by atoms with Crippen molar-refractivity contribution in [3.8, 4) is 0 Å². The van der Waals surface area contributed by atoms with Crippen molar-refractivity contribution in [2.45, 2.75) is 68.6 Å². The molecular formula is C19H27NO6S. The lowest BCUT2D eigenvalue weighted by Gasteiger charge is -2.27. The molecule has 1 aromatic heterocycles. The molecule has 2 aliphatic rings. The van der Waals surface area contributed by atoms with E-state index in [2.05, 4.69) is 5.32 Å². The van der Waals surface area contributed by atoms with Crippen molar-refractivity contribution in [3.05, 3.63) is 24.2 Å². The monoisotopic (exact) mass is 397 g/mol. The van der Waals surface area contributed by atoms with Crippen LogP contribution in [0.5, 0.6) is 0 Å². The number of Topliss-reactive ketones (excluding diaryl/α,β-unsaturated/α-hetero) is 1. The van der Waals surface area contributed by atoms with E-state index in [1.807, 2.05) is 0 Å². The Labute approximate surface area is 159 Å². The van der Waals surface area contributed by atoms with E-state index in [1.54, 1.807) is 19.1 Å². The molecular weight excluding hydrogens is 370 g/mol. The van der Waals surface area contributed by atoms with Gasteiger partial charge in [0.05, 0.1) is 12.4 Å². The molecule has 0 radical (unpaired) electrons. The highest BCUT2D eigenvalue weighted by Gasteiger charge is 2.40. The fourth-order valence-electron chi connectivity index (χ4n) is 3.94. The predicted octanol–water partition coefficient (Wildman–Crippen LogP) is 2.01. The molecule has 0 bridgehead atoms. The molecule has 1 aliphatic carbocycles. The summed E-state index contributed by atoms with van der Waals surface area (Å²) in [5.74, 6) is -0.646. The fraction of sp³-hybridized carbons (Fsp3) is 0.684. The van der Waals surface area contributed by atoms with E-state index in [9.17, 15) is 18.0 Å². The minimum Gasteiger partial charge on any atom is -0.468 e. The van der Waals surface area contributed by atoms with Gasteiger partial charge in [-0.15, -0.1) is 0 Å². The summed E-state index contributed by atoms with van der Waals surface area (Å²) in [6, 6.07) is 2.42. The van der Waals surface area contributed by atoms with Gasteiger partial charge in [-0.25, -0.2) is 8.42 Å². The van der Waals surface area contributed by atoms with Crippen LogP contribution in [0.15, 0.2) is 22.8 Å². The maximum absolute atomic E-state index is 13.0. The van der Waals surface area contributed by atoms with Crippen LogP contribution in [-0.2, 0) is 29.9 Å². The average Bonchev–Trinajstić information content (AvgIpc) is 3.25. The summed E-state index contributed by atoms with van der Waals surface area (Å²) in [4.78, 5) is 24.8. The molecule has 1 saturated carbocycles. The van der Waals surface area contributed by atoms with Gasteiger partial charge in [0.1, 0.15) is 29.4 Å². The highest BCUT2D eigenvalue weighted by molar-refractivity contribution is 7.92. The summed E-state index contributed by atoms with van der Waals surface area (Å²) >= 11 is 0. The molecule has 1 aliphatic heterocycles. The van der Waals surface area contributed by atoms with Gasteiger partial charge in [0.15, 0.2) is 15.6 Å². The molecule has 27 heavy (non-hydrogen) atoms. The van der Waals surface area contributed by atoms with Crippen LogP contribution in [0.4, 0.5) is 0 Å². The third kappa shape index (κ3) is 4.99. The van der Waals surface area contributed by atoms with Gasteiger partial charge in [0, 0.05) is 0 Å². The molecule has 2 fully saturated rings. The van der Waals surface area contributed by atoms with Gasteiger partial charge >= 0.3 is 0 Å². The molecule has 8 heteroatoms. The van der Waals surface area contributed by atoms with Gasteiger partial charge in [-0.1, -0.05) is 32.1 Å². The Hall–Kier alpha value is -1.67. The zero-order valence-electron chi connectivity index (χ0n) is 15.6. The fourth-order valence-corrected chi connectivity index (χ4v) is 5.66. The second-order valence-electron chi connectivity index (χ2n) is 7.58. The molecule has 0 spiro atoms. The van der Waals surface area contributed by atoms with Gasteiger partial charge < -0.3 is 14.5 Å². The number of ether oxygens (including phenoxy) is 1.